The van der Waals surface area contributed by atoms with Gasteiger partial charge in [-0.3, -0.25) is 4.99 Å². The molecule has 4 heteroatoms. The van der Waals surface area contributed by atoms with Crippen molar-refractivity contribution in [3.63, 3.8) is 0 Å². The van der Waals surface area contributed by atoms with Crippen molar-refractivity contribution in [1.82, 2.24) is 5.32 Å². The van der Waals surface area contributed by atoms with E-state index in [0.29, 0.717) is 19.0 Å². The van der Waals surface area contributed by atoms with Crippen molar-refractivity contribution in [1.29, 1.82) is 0 Å². The number of nitrogens with one attached hydrogen (secondary N) is 1. The Hall–Kier alpha value is -1.04. The molecule has 0 bridgehead atoms. The van der Waals surface area contributed by atoms with E-state index in [0.717, 1.165) is 5.57 Å². The van der Waals surface area contributed by atoms with Crippen molar-refractivity contribution in [2.75, 3.05) is 13.1 Å². The van der Waals surface area contributed by atoms with Gasteiger partial charge in [0.25, 0.3) is 0 Å². The molecular weight excluding hydrogens is 361 g/mol. The number of halogens is 1. The molecule has 0 fully saturated rings. The Bertz CT molecular complexity index is 478. The van der Waals surface area contributed by atoms with E-state index in [9.17, 15) is 0 Å². The fourth-order valence-corrected chi connectivity index (χ4v) is 2.00. The zero-order valence-corrected chi connectivity index (χ0v) is 15.2. The van der Waals surface area contributed by atoms with E-state index in [1.165, 1.54) is 11.1 Å². The summed E-state index contributed by atoms with van der Waals surface area (Å²) in [6.45, 7) is 13.6. The second kappa shape index (κ2) is 8.29. The number of nitrogens with zero attached hydrogens (tertiary/aromatic N) is 1. The van der Waals surface area contributed by atoms with Crippen LogP contribution in [0.2, 0.25) is 0 Å². The van der Waals surface area contributed by atoms with Crippen LogP contribution in [0.25, 0.3) is 0 Å². The van der Waals surface area contributed by atoms with Crippen molar-refractivity contribution < 1.29 is 0 Å². The highest BCUT2D eigenvalue weighted by Crippen LogP contribution is 2.26. The molecular formula is C16H26IN3. The Morgan fingerprint density at radius 1 is 1.35 bits per heavy atom. The van der Waals surface area contributed by atoms with Gasteiger partial charge in [0.2, 0.25) is 0 Å². The maximum Gasteiger partial charge on any atom is 0.188 e. The predicted octanol–water partition coefficient (Wildman–Crippen LogP) is 3.37. The monoisotopic (exact) mass is 387 g/mol. The topological polar surface area (TPSA) is 50.4 Å². The van der Waals surface area contributed by atoms with Crippen LogP contribution >= 0.6 is 24.0 Å². The Labute approximate surface area is 139 Å². The van der Waals surface area contributed by atoms with Gasteiger partial charge >= 0.3 is 0 Å². The van der Waals surface area contributed by atoms with E-state index in [2.05, 4.69) is 61.9 Å². The lowest BCUT2D eigenvalue weighted by Crippen LogP contribution is -2.34. The lowest BCUT2D eigenvalue weighted by Gasteiger charge is -2.25. The predicted molar refractivity (Wildman–Crippen MR) is 98.9 cm³/mol. The summed E-state index contributed by atoms with van der Waals surface area (Å²) < 4.78 is 0. The van der Waals surface area contributed by atoms with Gasteiger partial charge in [-0.2, -0.15) is 0 Å². The van der Waals surface area contributed by atoms with Crippen LogP contribution in [0, 0.1) is 6.92 Å². The third-order valence-electron chi connectivity index (χ3n) is 3.09. The Kier molecular flexibility index (Phi) is 7.86. The highest BCUT2D eigenvalue weighted by molar-refractivity contribution is 14.0. The summed E-state index contributed by atoms with van der Waals surface area (Å²) in [4.78, 5) is 4.43. The first-order valence-electron chi connectivity index (χ1n) is 6.57. The minimum atomic E-state index is -0.0269. The van der Waals surface area contributed by atoms with Gasteiger partial charge in [0.1, 0.15) is 0 Å². The molecule has 3 N–H and O–H groups in total. The molecule has 0 saturated carbocycles. The fourth-order valence-electron chi connectivity index (χ4n) is 2.00. The summed E-state index contributed by atoms with van der Waals surface area (Å²) in [5, 5.41) is 3.05. The van der Waals surface area contributed by atoms with Crippen LogP contribution in [-0.4, -0.2) is 19.0 Å². The largest absolute Gasteiger partial charge is 0.370 e. The summed E-state index contributed by atoms with van der Waals surface area (Å²) in [7, 11) is 0. The third kappa shape index (κ3) is 5.94. The summed E-state index contributed by atoms with van der Waals surface area (Å²) in [5.74, 6) is 0.477. The van der Waals surface area contributed by atoms with Crippen LogP contribution in [0.1, 0.15) is 31.9 Å². The molecule has 0 aliphatic heterocycles. The van der Waals surface area contributed by atoms with Crippen molar-refractivity contribution in [3.8, 4) is 0 Å². The van der Waals surface area contributed by atoms with Gasteiger partial charge < -0.3 is 11.1 Å². The van der Waals surface area contributed by atoms with Crippen molar-refractivity contribution in [3.05, 3.63) is 47.5 Å². The molecule has 1 aromatic carbocycles. The summed E-state index contributed by atoms with van der Waals surface area (Å²) in [5.41, 5.74) is 9.45. The number of nitrogens with two attached hydrogens (primary N) is 1. The zero-order valence-electron chi connectivity index (χ0n) is 12.9. The number of aliphatic imine (C=N–C) groups is 1. The van der Waals surface area contributed by atoms with Crippen LogP contribution in [0.3, 0.4) is 0 Å². The standard InChI is InChI=1S/C16H25N3.HI/c1-12(2)10-18-15(17)19-11-16(4,5)14-9-7-6-8-13(14)3;/h6-9H,1,10-11H2,2-5H3,(H3,17,18,19);1H. The van der Waals surface area contributed by atoms with Crippen LogP contribution in [0.5, 0.6) is 0 Å². The highest BCUT2D eigenvalue weighted by atomic mass is 127. The van der Waals surface area contributed by atoms with Gasteiger partial charge in [-0.05, 0) is 25.0 Å². The maximum atomic E-state index is 5.84. The first-order chi connectivity index (χ1) is 8.83. The van der Waals surface area contributed by atoms with Gasteiger partial charge in [0, 0.05) is 12.0 Å². The summed E-state index contributed by atoms with van der Waals surface area (Å²) in [6, 6.07) is 8.41. The summed E-state index contributed by atoms with van der Waals surface area (Å²) in [6.07, 6.45) is 0. The van der Waals surface area contributed by atoms with Gasteiger partial charge in [-0.1, -0.05) is 50.3 Å². The number of hydrogen-bond acceptors (Lipinski definition) is 1. The molecule has 20 heavy (non-hydrogen) atoms. The Morgan fingerprint density at radius 2 is 1.95 bits per heavy atom. The second-order valence-corrected chi connectivity index (χ2v) is 5.71. The zero-order chi connectivity index (χ0) is 14.5. The molecule has 0 spiro atoms. The number of guanidine groups is 1. The minimum absolute atomic E-state index is 0. The first-order valence-corrected chi connectivity index (χ1v) is 6.57. The van der Waals surface area contributed by atoms with Gasteiger partial charge in [-0.25, -0.2) is 0 Å². The Balaban J connectivity index is 0.00000361. The van der Waals surface area contributed by atoms with Gasteiger partial charge in [0.05, 0.1) is 6.54 Å². The van der Waals surface area contributed by atoms with Crippen molar-refractivity contribution >= 4 is 29.9 Å². The van der Waals surface area contributed by atoms with E-state index < -0.39 is 0 Å². The Morgan fingerprint density at radius 3 is 2.50 bits per heavy atom. The number of hydrogen-bond donors (Lipinski definition) is 2. The van der Waals surface area contributed by atoms with Crippen molar-refractivity contribution in [2.45, 2.75) is 33.1 Å². The molecule has 0 saturated heterocycles. The van der Waals surface area contributed by atoms with E-state index in [1.807, 2.05) is 6.92 Å². The summed E-state index contributed by atoms with van der Waals surface area (Å²) >= 11 is 0. The van der Waals surface area contributed by atoms with Crippen LogP contribution < -0.4 is 11.1 Å². The van der Waals surface area contributed by atoms with Gasteiger partial charge in [0.15, 0.2) is 5.96 Å². The number of benzene rings is 1. The molecule has 1 rings (SSSR count). The lowest BCUT2D eigenvalue weighted by molar-refractivity contribution is 0.536. The third-order valence-corrected chi connectivity index (χ3v) is 3.09. The molecule has 0 amide bonds. The van der Waals surface area contributed by atoms with Gasteiger partial charge in [-0.15, -0.1) is 24.0 Å². The molecule has 0 aliphatic rings. The molecule has 3 nitrogen and oxygen atoms in total. The number of aryl methyl sites for hydroxylation is 1. The molecule has 0 atom stereocenters. The van der Waals surface area contributed by atoms with E-state index >= 15 is 0 Å². The van der Waals surface area contributed by atoms with E-state index in [1.54, 1.807) is 0 Å². The van der Waals surface area contributed by atoms with Crippen molar-refractivity contribution in [2.24, 2.45) is 10.7 Å². The lowest BCUT2D eigenvalue weighted by atomic mass is 9.82. The van der Waals surface area contributed by atoms with Crippen LogP contribution in [0.4, 0.5) is 0 Å². The van der Waals surface area contributed by atoms with E-state index in [4.69, 9.17) is 5.73 Å². The average molecular weight is 387 g/mol. The number of rotatable bonds is 5. The average Bonchev–Trinajstić information content (AvgIpc) is 2.34. The molecule has 0 aliphatic carbocycles. The SMILES string of the molecule is C=C(C)CNC(N)=NCC(C)(C)c1ccccc1C.I. The maximum absolute atomic E-state index is 5.84. The molecule has 0 radical (unpaired) electrons. The highest BCUT2D eigenvalue weighted by Gasteiger charge is 2.21. The normalized spacial score (nSPS) is 11.7. The van der Waals surface area contributed by atoms with Crippen LogP contribution in [0.15, 0.2) is 41.4 Å². The molecule has 0 unspecified atom stereocenters. The molecule has 1 aromatic rings. The smallest absolute Gasteiger partial charge is 0.188 e. The molecule has 0 aromatic heterocycles. The second-order valence-electron chi connectivity index (χ2n) is 5.71. The minimum Gasteiger partial charge on any atom is -0.370 e. The van der Waals surface area contributed by atoms with E-state index in [-0.39, 0.29) is 29.4 Å². The molecule has 112 valence electrons. The fraction of sp³-hybridized carbons (Fsp3) is 0.438. The van der Waals surface area contributed by atoms with Crippen LogP contribution in [-0.2, 0) is 5.41 Å². The quantitative estimate of drug-likeness (QED) is 0.352. The first kappa shape index (κ1) is 19.0. The molecule has 0 heterocycles.